The Morgan fingerprint density at radius 2 is 1.85 bits per heavy atom. The molecule has 12 nitrogen and oxygen atoms in total. The van der Waals surface area contributed by atoms with Gasteiger partial charge in [0, 0.05) is 36.9 Å². The monoisotopic (exact) mass is 686 g/mol. The Morgan fingerprint density at radius 1 is 1.08 bits per heavy atom. The summed E-state index contributed by atoms with van der Waals surface area (Å²) in [6.07, 6.45) is 2.39. The summed E-state index contributed by atoms with van der Waals surface area (Å²) in [5, 5.41) is 24.2. The molecule has 1 amide bonds. The molecule has 2 aromatic carbocycles. The maximum absolute atomic E-state index is 14.3. The third kappa shape index (κ3) is 7.41. The van der Waals surface area contributed by atoms with E-state index in [2.05, 4.69) is 12.2 Å². The maximum Gasteiger partial charge on any atom is 0.407 e. The van der Waals surface area contributed by atoms with Gasteiger partial charge in [0.2, 0.25) is 10.0 Å². The molecule has 0 aromatic heterocycles. The second kappa shape index (κ2) is 14.8. The summed E-state index contributed by atoms with van der Waals surface area (Å²) in [5.74, 6) is -0.983. The van der Waals surface area contributed by atoms with Crippen molar-refractivity contribution >= 4 is 22.1 Å². The van der Waals surface area contributed by atoms with E-state index in [1.807, 2.05) is 30.3 Å². The smallest absolute Gasteiger partial charge is 0.407 e. The van der Waals surface area contributed by atoms with E-state index in [1.54, 1.807) is 0 Å². The van der Waals surface area contributed by atoms with E-state index < -0.39 is 40.3 Å². The van der Waals surface area contributed by atoms with Crippen molar-refractivity contribution in [1.82, 2.24) is 9.62 Å². The average molecular weight is 687 g/mol. The van der Waals surface area contributed by atoms with Crippen LogP contribution in [0.25, 0.3) is 0 Å². The van der Waals surface area contributed by atoms with Crippen LogP contribution in [0.4, 0.5) is 4.79 Å². The zero-order valence-corrected chi connectivity index (χ0v) is 28.1. The van der Waals surface area contributed by atoms with Crippen LogP contribution in [-0.2, 0) is 42.0 Å². The third-order valence-corrected chi connectivity index (χ3v) is 12.4. The molecule has 7 atom stereocenters. The summed E-state index contributed by atoms with van der Waals surface area (Å²) in [6, 6.07) is 12.4. The predicted molar refractivity (Wildman–Crippen MR) is 174 cm³/mol. The van der Waals surface area contributed by atoms with Crippen molar-refractivity contribution in [3.05, 3.63) is 65.2 Å². The van der Waals surface area contributed by atoms with Crippen molar-refractivity contribution in [2.75, 3.05) is 32.9 Å². The number of hydrogen-bond acceptors (Lipinski definition) is 9. The van der Waals surface area contributed by atoms with E-state index in [0.29, 0.717) is 26.2 Å². The van der Waals surface area contributed by atoms with Crippen LogP contribution < -0.4 is 5.32 Å². The van der Waals surface area contributed by atoms with E-state index in [4.69, 9.17) is 18.9 Å². The highest BCUT2D eigenvalue weighted by molar-refractivity contribution is 7.89. The van der Waals surface area contributed by atoms with Crippen LogP contribution in [0.15, 0.2) is 53.4 Å². The van der Waals surface area contributed by atoms with E-state index in [0.717, 1.165) is 37.7 Å². The Hall–Kier alpha value is -3.07. The van der Waals surface area contributed by atoms with Gasteiger partial charge in [-0.1, -0.05) is 56.5 Å². The first-order chi connectivity index (χ1) is 23.1. The summed E-state index contributed by atoms with van der Waals surface area (Å²) in [5.41, 5.74) is 0.678. The number of nitrogens with one attached hydrogen (secondary N) is 1. The summed E-state index contributed by atoms with van der Waals surface area (Å²) < 4.78 is 53.3. The molecule has 3 fully saturated rings. The van der Waals surface area contributed by atoms with Crippen molar-refractivity contribution in [3.8, 4) is 0 Å². The van der Waals surface area contributed by atoms with Gasteiger partial charge in [-0.25, -0.2) is 18.0 Å². The summed E-state index contributed by atoms with van der Waals surface area (Å²) in [4.78, 5) is 25.2. The minimum absolute atomic E-state index is 0.0413. The van der Waals surface area contributed by atoms with Crippen LogP contribution in [0.5, 0.6) is 0 Å². The first kappa shape index (κ1) is 34.8. The number of sulfonamides is 1. The van der Waals surface area contributed by atoms with Crippen LogP contribution in [0.2, 0.25) is 0 Å². The summed E-state index contributed by atoms with van der Waals surface area (Å²) in [6.45, 7) is 3.16. The molecule has 3 heterocycles. The highest BCUT2D eigenvalue weighted by Crippen LogP contribution is 2.57. The van der Waals surface area contributed by atoms with Gasteiger partial charge in [0.1, 0.15) is 6.10 Å². The first-order valence-corrected chi connectivity index (χ1v) is 18.4. The number of β-amino-alcohol motifs (C(OH)–C–C–N with tert-alkyl or cyclic N) is 1. The fraction of sp³-hybridized carbons (Fsp3) is 0.600. The fourth-order valence-electron chi connectivity index (χ4n) is 7.74. The maximum atomic E-state index is 14.3. The Kier molecular flexibility index (Phi) is 10.7. The molecule has 48 heavy (non-hydrogen) atoms. The van der Waals surface area contributed by atoms with Crippen molar-refractivity contribution in [3.63, 3.8) is 0 Å². The molecule has 0 radical (unpaired) electrons. The number of amides is 1. The van der Waals surface area contributed by atoms with Crippen LogP contribution in [-0.4, -0.2) is 92.4 Å². The molecular formula is C35H46N2O10S. The van der Waals surface area contributed by atoms with Gasteiger partial charge in [0.25, 0.3) is 0 Å². The number of carbonyl (C=O) groups is 2. The number of fused-ring (bicyclic) bond motifs is 2. The summed E-state index contributed by atoms with van der Waals surface area (Å²) in [7, 11) is -4.21. The molecule has 2 aromatic rings. The number of ether oxygens (including phenoxy) is 4. The number of benzene rings is 2. The number of carboxylic acid groups (broad SMARTS) is 1. The molecule has 13 heteroatoms. The fourth-order valence-corrected chi connectivity index (χ4v) is 9.43. The zero-order chi connectivity index (χ0) is 33.9. The minimum atomic E-state index is -4.21. The topological polar surface area (TPSA) is 161 Å². The quantitative estimate of drug-likeness (QED) is 0.371. The Balaban J connectivity index is 1.24. The number of carboxylic acids is 1. The molecule has 1 saturated carbocycles. The molecule has 262 valence electrons. The predicted octanol–water partition coefficient (Wildman–Crippen LogP) is 3.95. The van der Waals surface area contributed by atoms with Gasteiger partial charge in [-0.3, -0.25) is 0 Å². The molecule has 1 aliphatic carbocycles. The van der Waals surface area contributed by atoms with Crippen LogP contribution in [0, 0.1) is 17.3 Å². The van der Waals surface area contributed by atoms with Crippen LogP contribution in [0.3, 0.4) is 0 Å². The van der Waals surface area contributed by atoms with Crippen LogP contribution in [0.1, 0.15) is 66.9 Å². The second-order valence-electron chi connectivity index (χ2n) is 13.8. The standard InChI is InChI=1S/C35H46N2O10S/c1-35-22-46-33-27(35)18-26(21-45-33)31(35)47-34(41)36-28(16-23-10-6-5-7-11-23)29(38)19-37-14-8-3-2-4-9-15-44-20-25-17-24(32(39)40)12-13-30(25)48(37,42)43/h5-7,10-13,17,26-29,31,33,38H,2-4,8-9,14-16,18-22H2,1H3,(H,36,41)(H,39,40)/t26?,27?,28-,29+,31-,33-,35?/m0/s1. The van der Waals surface area contributed by atoms with Crippen LogP contribution >= 0.6 is 0 Å². The zero-order valence-electron chi connectivity index (χ0n) is 27.3. The van der Waals surface area contributed by atoms with Gasteiger partial charge in [0.05, 0.1) is 42.4 Å². The minimum Gasteiger partial charge on any atom is -0.478 e. The highest BCUT2D eigenvalue weighted by atomic mass is 32.2. The van der Waals surface area contributed by atoms with Gasteiger partial charge >= 0.3 is 12.1 Å². The number of hydrogen-bond donors (Lipinski definition) is 3. The van der Waals surface area contributed by atoms with Gasteiger partial charge in [-0.15, -0.1) is 0 Å². The number of carbonyl (C=O) groups excluding carboxylic acids is 1. The second-order valence-corrected chi connectivity index (χ2v) is 15.7. The molecule has 4 aliphatic rings. The van der Waals surface area contributed by atoms with Crippen molar-refractivity contribution in [2.24, 2.45) is 17.3 Å². The van der Waals surface area contributed by atoms with E-state index in [1.165, 1.54) is 22.5 Å². The van der Waals surface area contributed by atoms with Gasteiger partial charge in [-0.05, 0) is 55.0 Å². The van der Waals surface area contributed by atoms with Crippen molar-refractivity contribution < 1.29 is 47.2 Å². The lowest BCUT2D eigenvalue weighted by Gasteiger charge is -2.33. The van der Waals surface area contributed by atoms with E-state index in [-0.39, 0.29) is 65.7 Å². The third-order valence-electron chi connectivity index (χ3n) is 10.4. The number of aromatic carboxylic acids is 1. The number of alkyl carbamates (subject to hydrolysis) is 1. The number of aliphatic hydroxyl groups excluding tert-OH is 1. The van der Waals surface area contributed by atoms with Crippen molar-refractivity contribution in [2.45, 2.75) is 87.9 Å². The van der Waals surface area contributed by atoms with E-state index in [9.17, 15) is 28.2 Å². The van der Waals surface area contributed by atoms with Crippen molar-refractivity contribution in [1.29, 1.82) is 0 Å². The van der Waals surface area contributed by atoms with Gasteiger partial charge in [-0.2, -0.15) is 4.31 Å². The molecule has 6 rings (SSSR count). The first-order valence-electron chi connectivity index (χ1n) is 16.9. The molecular weight excluding hydrogens is 640 g/mol. The number of rotatable bonds is 8. The molecule has 2 bridgehead atoms. The summed E-state index contributed by atoms with van der Waals surface area (Å²) >= 11 is 0. The Bertz CT molecular complexity index is 1550. The lowest BCUT2D eigenvalue weighted by Crippen LogP contribution is -2.52. The van der Waals surface area contributed by atoms with Gasteiger partial charge in [0.15, 0.2) is 6.29 Å². The average Bonchev–Trinajstić information content (AvgIpc) is 3.51. The lowest BCUT2D eigenvalue weighted by atomic mass is 9.80. The highest BCUT2D eigenvalue weighted by Gasteiger charge is 2.63. The largest absolute Gasteiger partial charge is 0.478 e. The SMILES string of the molecule is CC12CO[C@@H]3OCC(CC31)[C@@H]2OC(=O)N[C@@H](Cc1ccccc1)[C@H](O)CN1CCCCCCCOCc2cc(C(=O)O)ccc2S1(=O)=O. The molecule has 3 unspecified atom stereocenters. The molecule has 3 aliphatic heterocycles. The normalized spacial score (nSPS) is 30.1. The lowest BCUT2D eigenvalue weighted by molar-refractivity contribution is -0.170. The Labute approximate surface area is 281 Å². The number of nitrogens with zero attached hydrogens (tertiary/aromatic N) is 1. The molecule has 3 N–H and O–H groups in total. The molecule has 0 spiro atoms. The molecule has 2 saturated heterocycles. The number of aliphatic hydroxyl groups is 1. The Morgan fingerprint density at radius 3 is 2.65 bits per heavy atom. The van der Waals surface area contributed by atoms with E-state index >= 15 is 0 Å². The van der Waals surface area contributed by atoms with Gasteiger partial charge < -0.3 is 34.5 Å².